The molecule has 1 aromatic heterocycles. The molecule has 0 bridgehead atoms. The van der Waals surface area contributed by atoms with Crippen molar-refractivity contribution in [3.8, 4) is 0 Å². The standard InChI is InChI=1S/C13H24N4O2/c1-7-16-12(11(17(18)19)10(3)15-16)14-8-9(2)13(4,5)6/h9,14H,7-8H2,1-6H3. The summed E-state index contributed by atoms with van der Waals surface area (Å²) >= 11 is 0. The zero-order valence-electron chi connectivity index (χ0n) is 12.6. The fourth-order valence-corrected chi connectivity index (χ4v) is 1.75. The molecule has 0 radical (unpaired) electrons. The molecule has 0 saturated carbocycles. The van der Waals surface area contributed by atoms with E-state index in [2.05, 4.69) is 38.1 Å². The van der Waals surface area contributed by atoms with Gasteiger partial charge in [-0.2, -0.15) is 5.10 Å². The zero-order valence-corrected chi connectivity index (χ0v) is 12.6. The molecular formula is C13H24N4O2. The second kappa shape index (κ2) is 5.59. The number of nitrogens with zero attached hydrogens (tertiary/aromatic N) is 3. The molecule has 0 saturated heterocycles. The lowest BCUT2D eigenvalue weighted by atomic mass is 9.82. The summed E-state index contributed by atoms with van der Waals surface area (Å²) in [5.41, 5.74) is 0.703. The molecule has 6 nitrogen and oxygen atoms in total. The van der Waals surface area contributed by atoms with Crippen LogP contribution < -0.4 is 5.32 Å². The Morgan fingerprint density at radius 3 is 2.47 bits per heavy atom. The van der Waals surface area contributed by atoms with Gasteiger partial charge in [-0.15, -0.1) is 0 Å². The van der Waals surface area contributed by atoms with Crippen molar-refractivity contribution in [1.29, 1.82) is 0 Å². The normalized spacial score (nSPS) is 13.4. The minimum absolute atomic E-state index is 0.0861. The summed E-state index contributed by atoms with van der Waals surface area (Å²) in [6.07, 6.45) is 0. The van der Waals surface area contributed by atoms with Crippen LogP contribution in [-0.4, -0.2) is 21.2 Å². The van der Waals surface area contributed by atoms with Gasteiger partial charge in [0.1, 0.15) is 5.69 Å². The van der Waals surface area contributed by atoms with Gasteiger partial charge in [-0.3, -0.25) is 10.1 Å². The molecule has 0 aromatic carbocycles. The Balaban J connectivity index is 2.97. The van der Waals surface area contributed by atoms with E-state index in [0.29, 0.717) is 30.5 Å². The van der Waals surface area contributed by atoms with Crippen molar-refractivity contribution in [2.45, 2.75) is 48.1 Å². The highest BCUT2D eigenvalue weighted by Gasteiger charge is 2.26. The van der Waals surface area contributed by atoms with Crippen LogP contribution in [0.1, 0.15) is 40.3 Å². The van der Waals surface area contributed by atoms with E-state index in [-0.39, 0.29) is 16.0 Å². The van der Waals surface area contributed by atoms with Crippen molar-refractivity contribution >= 4 is 11.5 Å². The molecule has 6 heteroatoms. The second-order valence-electron chi connectivity index (χ2n) is 6.00. The van der Waals surface area contributed by atoms with Gasteiger partial charge in [0.2, 0.25) is 5.82 Å². The largest absolute Gasteiger partial charge is 0.364 e. The minimum atomic E-state index is -0.363. The molecule has 108 valence electrons. The fourth-order valence-electron chi connectivity index (χ4n) is 1.75. The highest BCUT2D eigenvalue weighted by atomic mass is 16.6. The van der Waals surface area contributed by atoms with Gasteiger partial charge >= 0.3 is 5.69 Å². The lowest BCUT2D eigenvalue weighted by Gasteiger charge is -2.27. The molecule has 0 amide bonds. The van der Waals surface area contributed by atoms with Gasteiger partial charge in [0, 0.05) is 13.1 Å². The first-order chi connectivity index (χ1) is 8.68. The average molecular weight is 268 g/mol. The number of rotatable bonds is 5. The molecule has 0 aliphatic carbocycles. The Bertz CT molecular complexity index is 460. The van der Waals surface area contributed by atoms with Crippen LogP contribution >= 0.6 is 0 Å². The van der Waals surface area contributed by atoms with Crippen LogP contribution in [0.2, 0.25) is 0 Å². The first-order valence-electron chi connectivity index (χ1n) is 6.64. The van der Waals surface area contributed by atoms with E-state index in [4.69, 9.17) is 0 Å². The third kappa shape index (κ3) is 3.45. The van der Waals surface area contributed by atoms with Crippen molar-refractivity contribution < 1.29 is 4.92 Å². The van der Waals surface area contributed by atoms with E-state index < -0.39 is 0 Å². The highest BCUT2D eigenvalue weighted by Crippen LogP contribution is 2.30. The second-order valence-corrected chi connectivity index (χ2v) is 6.00. The zero-order chi connectivity index (χ0) is 14.8. The maximum Gasteiger partial charge on any atom is 0.333 e. The molecule has 0 fully saturated rings. The van der Waals surface area contributed by atoms with Gasteiger partial charge in [-0.25, -0.2) is 4.68 Å². The number of nitrogens with one attached hydrogen (secondary N) is 1. The number of aromatic nitrogens is 2. The van der Waals surface area contributed by atoms with Crippen molar-refractivity contribution in [2.24, 2.45) is 11.3 Å². The van der Waals surface area contributed by atoms with Crippen LogP contribution in [-0.2, 0) is 6.54 Å². The lowest BCUT2D eigenvalue weighted by molar-refractivity contribution is -0.384. The Morgan fingerprint density at radius 1 is 1.47 bits per heavy atom. The van der Waals surface area contributed by atoms with Crippen molar-refractivity contribution in [3.63, 3.8) is 0 Å². The van der Waals surface area contributed by atoms with Gasteiger partial charge in [-0.05, 0) is 25.2 Å². The van der Waals surface area contributed by atoms with E-state index >= 15 is 0 Å². The summed E-state index contributed by atoms with van der Waals surface area (Å²) in [5, 5.41) is 18.5. The number of anilines is 1. The molecule has 0 aliphatic heterocycles. The van der Waals surface area contributed by atoms with Crippen LogP contribution in [0.3, 0.4) is 0 Å². The maximum absolute atomic E-state index is 11.1. The monoisotopic (exact) mass is 268 g/mol. The smallest absolute Gasteiger partial charge is 0.333 e. The molecule has 1 aromatic rings. The van der Waals surface area contributed by atoms with E-state index in [1.807, 2.05) is 6.92 Å². The van der Waals surface area contributed by atoms with Gasteiger partial charge < -0.3 is 5.32 Å². The van der Waals surface area contributed by atoms with Crippen LogP contribution in [0.25, 0.3) is 0 Å². The highest BCUT2D eigenvalue weighted by molar-refractivity contribution is 5.59. The first kappa shape index (κ1) is 15.5. The Labute approximate surface area is 114 Å². The first-order valence-corrected chi connectivity index (χ1v) is 6.64. The van der Waals surface area contributed by atoms with E-state index in [9.17, 15) is 10.1 Å². The third-order valence-corrected chi connectivity index (χ3v) is 3.63. The summed E-state index contributed by atoms with van der Waals surface area (Å²) < 4.78 is 1.66. The van der Waals surface area contributed by atoms with Gasteiger partial charge in [0.25, 0.3) is 0 Å². The Hall–Kier alpha value is -1.59. The molecule has 1 unspecified atom stereocenters. The number of hydrogen-bond acceptors (Lipinski definition) is 4. The van der Waals surface area contributed by atoms with Crippen LogP contribution in [0.15, 0.2) is 0 Å². The maximum atomic E-state index is 11.1. The van der Waals surface area contributed by atoms with Crippen LogP contribution in [0.4, 0.5) is 11.5 Å². The number of aryl methyl sites for hydroxylation is 2. The third-order valence-electron chi connectivity index (χ3n) is 3.63. The summed E-state index contributed by atoms with van der Waals surface area (Å²) in [6.45, 7) is 13.5. The molecule has 1 N–H and O–H groups in total. The van der Waals surface area contributed by atoms with Crippen LogP contribution in [0, 0.1) is 28.4 Å². The molecular weight excluding hydrogens is 244 g/mol. The predicted molar refractivity (Wildman–Crippen MR) is 76.4 cm³/mol. The summed E-state index contributed by atoms with van der Waals surface area (Å²) in [5.74, 6) is 0.911. The van der Waals surface area contributed by atoms with Gasteiger partial charge in [0.15, 0.2) is 0 Å². The Kier molecular flexibility index (Phi) is 4.55. The lowest BCUT2D eigenvalue weighted by Crippen LogP contribution is -2.25. The number of hydrogen-bond donors (Lipinski definition) is 1. The van der Waals surface area contributed by atoms with Gasteiger partial charge in [-0.1, -0.05) is 27.7 Å². The summed E-state index contributed by atoms with van der Waals surface area (Å²) in [6, 6.07) is 0. The molecule has 0 aliphatic rings. The summed E-state index contributed by atoms with van der Waals surface area (Å²) in [7, 11) is 0. The molecule has 1 atom stereocenters. The fraction of sp³-hybridized carbons (Fsp3) is 0.769. The van der Waals surface area contributed by atoms with Crippen molar-refractivity contribution in [3.05, 3.63) is 15.8 Å². The number of nitro groups is 1. The van der Waals surface area contributed by atoms with Crippen molar-refractivity contribution in [1.82, 2.24) is 9.78 Å². The van der Waals surface area contributed by atoms with Crippen LogP contribution in [0.5, 0.6) is 0 Å². The average Bonchev–Trinajstić information content (AvgIpc) is 2.60. The topological polar surface area (TPSA) is 73.0 Å². The SMILES string of the molecule is CCn1nc(C)c([N+](=O)[O-])c1NCC(C)C(C)(C)C. The van der Waals surface area contributed by atoms with Gasteiger partial charge in [0.05, 0.1) is 4.92 Å². The van der Waals surface area contributed by atoms with Crippen molar-refractivity contribution in [2.75, 3.05) is 11.9 Å². The van der Waals surface area contributed by atoms with E-state index in [1.165, 1.54) is 0 Å². The Morgan fingerprint density at radius 2 is 2.05 bits per heavy atom. The molecule has 19 heavy (non-hydrogen) atoms. The molecule has 1 rings (SSSR count). The summed E-state index contributed by atoms with van der Waals surface area (Å²) in [4.78, 5) is 10.8. The minimum Gasteiger partial charge on any atom is -0.364 e. The predicted octanol–water partition coefficient (Wildman–Crippen LogP) is 3.21. The molecule has 1 heterocycles. The quantitative estimate of drug-likeness (QED) is 0.657. The van der Waals surface area contributed by atoms with E-state index in [1.54, 1.807) is 11.6 Å². The molecule has 0 spiro atoms. The van der Waals surface area contributed by atoms with E-state index in [0.717, 1.165) is 0 Å².